The lowest BCUT2D eigenvalue weighted by Crippen LogP contribution is -2.32. The van der Waals surface area contributed by atoms with Gasteiger partial charge in [-0.1, -0.05) is 18.2 Å². The first kappa shape index (κ1) is 19.8. The third-order valence-electron chi connectivity index (χ3n) is 5.36. The van der Waals surface area contributed by atoms with E-state index in [2.05, 4.69) is 10.3 Å². The molecular formula is C23H24N4O3. The SMILES string of the molecule is CN(C)CCNC(=O)c1ccc2c(c1)C(=O)N(CCc1c[nH]c3ccccc13)C2=O. The number of likely N-dealkylation sites (N-methyl/N-ethyl adjacent to an activating group) is 1. The number of nitrogens with zero attached hydrogens (tertiary/aromatic N) is 2. The van der Waals surface area contributed by atoms with Gasteiger partial charge in [0.2, 0.25) is 0 Å². The number of hydrogen-bond acceptors (Lipinski definition) is 4. The van der Waals surface area contributed by atoms with Crippen LogP contribution in [0.3, 0.4) is 0 Å². The number of imide groups is 1. The first-order chi connectivity index (χ1) is 14.5. The second kappa shape index (κ2) is 8.12. The summed E-state index contributed by atoms with van der Waals surface area (Å²) in [5.74, 6) is -0.913. The van der Waals surface area contributed by atoms with Crippen LogP contribution < -0.4 is 5.32 Å². The maximum Gasteiger partial charge on any atom is 0.261 e. The number of para-hydroxylation sites is 1. The van der Waals surface area contributed by atoms with Crippen LogP contribution in [0.1, 0.15) is 36.6 Å². The van der Waals surface area contributed by atoms with Gasteiger partial charge in [0.25, 0.3) is 17.7 Å². The van der Waals surface area contributed by atoms with Crippen molar-refractivity contribution < 1.29 is 14.4 Å². The van der Waals surface area contributed by atoms with Crippen molar-refractivity contribution in [3.05, 3.63) is 70.9 Å². The second-order valence-electron chi connectivity index (χ2n) is 7.69. The number of carbonyl (C=O) groups excluding carboxylic acids is 3. The van der Waals surface area contributed by atoms with Crippen LogP contribution in [0, 0.1) is 0 Å². The van der Waals surface area contributed by atoms with Gasteiger partial charge >= 0.3 is 0 Å². The van der Waals surface area contributed by atoms with Crippen molar-refractivity contribution in [2.75, 3.05) is 33.7 Å². The van der Waals surface area contributed by atoms with E-state index in [1.807, 2.05) is 49.5 Å². The molecule has 2 N–H and O–H groups in total. The van der Waals surface area contributed by atoms with Gasteiger partial charge in [-0.2, -0.15) is 0 Å². The number of benzene rings is 2. The molecular weight excluding hydrogens is 380 g/mol. The highest BCUT2D eigenvalue weighted by atomic mass is 16.2. The summed E-state index contributed by atoms with van der Waals surface area (Å²) in [7, 11) is 3.85. The van der Waals surface area contributed by atoms with E-state index < -0.39 is 0 Å². The Kier molecular flexibility index (Phi) is 5.37. The minimum atomic E-state index is -0.349. The van der Waals surface area contributed by atoms with Gasteiger partial charge in [0.05, 0.1) is 11.1 Å². The van der Waals surface area contributed by atoms with Gasteiger partial charge in [0, 0.05) is 42.3 Å². The zero-order valence-electron chi connectivity index (χ0n) is 17.1. The maximum absolute atomic E-state index is 12.9. The predicted molar refractivity (Wildman–Crippen MR) is 115 cm³/mol. The molecule has 0 spiro atoms. The number of amides is 3. The van der Waals surface area contributed by atoms with Crippen molar-refractivity contribution in [1.82, 2.24) is 20.1 Å². The summed E-state index contributed by atoms with van der Waals surface area (Å²) < 4.78 is 0. The molecule has 0 aliphatic carbocycles. The van der Waals surface area contributed by atoms with E-state index in [1.165, 1.54) is 11.0 Å². The zero-order chi connectivity index (χ0) is 21.3. The highest BCUT2D eigenvalue weighted by Crippen LogP contribution is 2.25. The van der Waals surface area contributed by atoms with Crippen LogP contribution in [0.15, 0.2) is 48.7 Å². The quantitative estimate of drug-likeness (QED) is 0.592. The van der Waals surface area contributed by atoms with Crippen molar-refractivity contribution in [3.63, 3.8) is 0 Å². The fourth-order valence-electron chi connectivity index (χ4n) is 3.70. The van der Waals surface area contributed by atoms with E-state index in [9.17, 15) is 14.4 Å². The molecule has 0 saturated carbocycles. The molecule has 154 valence electrons. The molecule has 2 heterocycles. The Morgan fingerprint density at radius 2 is 1.83 bits per heavy atom. The predicted octanol–water partition coefficient (Wildman–Crippen LogP) is 2.30. The van der Waals surface area contributed by atoms with E-state index in [-0.39, 0.29) is 17.7 Å². The van der Waals surface area contributed by atoms with Crippen LogP contribution in [0.4, 0.5) is 0 Å². The minimum absolute atomic E-state index is 0.253. The summed E-state index contributed by atoms with van der Waals surface area (Å²) in [6, 6.07) is 12.6. The van der Waals surface area contributed by atoms with Crippen LogP contribution in [0.25, 0.3) is 10.9 Å². The summed E-state index contributed by atoms with van der Waals surface area (Å²) >= 11 is 0. The molecule has 1 aromatic heterocycles. The average Bonchev–Trinajstić information content (AvgIpc) is 3.25. The highest BCUT2D eigenvalue weighted by molar-refractivity contribution is 6.22. The summed E-state index contributed by atoms with van der Waals surface area (Å²) in [5, 5.41) is 3.91. The molecule has 2 aromatic carbocycles. The van der Waals surface area contributed by atoms with E-state index in [0.717, 1.165) is 23.0 Å². The number of H-pyrrole nitrogens is 1. The Balaban J connectivity index is 1.47. The van der Waals surface area contributed by atoms with E-state index in [0.29, 0.717) is 36.2 Å². The Hall–Kier alpha value is -3.45. The van der Waals surface area contributed by atoms with Gasteiger partial charge in [-0.15, -0.1) is 0 Å². The number of fused-ring (bicyclic) bond motifs is 2. The number of nitrogens with one attached hydrogen (secondary N) is 2. The summed E-state index contributed by atoms with van der Waals surface area (Å²) in [6.07, 6.45) is 2.48. The molecule has 0 radical (unpaired) electrons. The fraction of sp³-hybridized carbons (Fsp3) is 0.261. The van der Waals surface area contributed by atoms with Crippen LogP contribution in [-0.4, -0.2) is 66.2 Å². The third kappa shape index (κ3) is 3.71. The maximum atomic E-state index is 12.9. The monoisotopic (exact) mass is 404 g/mol. The molecule has 1 aliphatic heterocycles. The van der Waals surface area contributed by atoms with Gasteiger partial charge in [0.15, 0.2) is 0 Å². The number of carbonyl (C=O) groups is 3. The lowest BCUT2D eigenvalue weighted by Gasteiger charge is -2.13. The number of hydrogen-bond donors (Lipinski definition) is 2. The molecule has 0 bridgehead atoms. The standard InChI is InChI=1S/C23H24N4O3/c1-26(2)12-10-24-21(28)15-7-8-18-19(13-15)23(30)27(22(18)29)11-9-16-14-25-20-6-4-3-5-17(16)20/h3-8,13-14,25H,9-12H2,1-2H3,(H,24,28). The zero-order valence-corrected chi connectivity index (χ0v) is 17.1. The average molecular weight is 404 g/mol. The van der Waals surface area contributed by atoms with Gasteiger partial charge in [-0.05, 0) is 50.3 Å². The van der Waals surface area contributed by atoms with Crippen molar-refractivity contribution in [3.8, 4) is 0 Å². The third-order valence-corrected chi connectivity index (χ3v) is 5.36. The van der Waals surface area contributed by atoms with Gasteiger partial charge in [-0.25, -0.2) is 0 Å². The first-order valence-corrected chi connectivity index (χ1v) is 9.94. The Bertz CT molecular complexity index is 1130. The minimum Gasteiger partial charge on any atom is -0.361 e. The van der Waals surface area contributed by atoms with Crippen LogP contribution >= 0.6 is 0 Å². The van der Waals surface area contributed by atoms with E-state index >= 15 is 0 Å². The fourth-order valence-corrected chi connectivity index (χ4v) is 3.70. The molecule has 0 fully saturated rings. The van der Waals surface area contributed by atoms with Crippen molar-refractivity contribution in [1.29, 1.82) is 0 Å². The molecule has 4 rings (SSSR count). The van der Waals surface area contributed by atoms with Crippen molar-refractivity contribution in [2.24, 2.45) is 0 Å². The van der Waals surface area contributed by atoms with E-state index in [1.54, 1.807) is 12.1 Å². The smallest absolute Gasteiger partial charge is 0.261 e. The van der Waals surface area contributed by atoms with Crippen LogP contribution in [-0.2, 0) is 6.42 Å². The van der Waals surface area contributed by atoms with Gasteiger partial charge in [-0.3, -0.25) is 19.3 Å². The van der Waals surface area contributed by atoms with Crippen LogP contribution in [0.5, 0.6) is 0 Å². The second-order valence-corrected chi connectivity index (χ2v) is 7.69. The largest absolute Gasteiger partial charge is 0.361 e. The molecule has 7 nitrogen and oxygen atoms in total. The number of aromatic nitrogens is 1. The lowest BCUT2D eigenvalue weighted by molar-refractivity contribution is 0.0656. The highest BCUT2D eigenvalue weighted by Gasteiger charge is 2.35. The number of rotatable bonds is 7. The van der Waals surface area contributed by atoms with Gasteiger partial charge < -0.3 is 15.2 Å². The molecule has 1 aliphatic rings. The van der Waals surface area contributed by atoms with Gasteiger partial charge in [0.1, 0.15) is 0 Å². The molecule has 3 aromatic rings. The Morgan fingerprint density at radius 3 is 2.63 bits per heavy atom. The Morgan fingerprint density at radius 1 is 1.07 bits per heavy atom. The van der Waals surface area contributed by atoms with E-state index in [4.69, 9.17) is 0 Å². The summed E-state index contributed by atoms with van der Waals surface area (Å²) in [6.45, 7) is 1.51. The first-order valence-electron chi connectivity index (χ1n) is 9.94. The molecule has 0 unspecified atom stereocenters. The molecule has 7 heteroatoms. The topological polar surface area (TPSA) is 85.5 Å². The summed E-state index contributed by atoms with van der Waals surface area (Å²) in [4.78, 5) is 44.4. The normalized spacial score (nSPS) is 13.4. The lowest BCUT2D eigenvalue weighted by atomic mass is 10.1. The molecule has 0 saturated heterocycles. The van der Waals surface area contributed by atoms with Crippen molar-refractivity contribution >= 4 is 28.6 Å². The van der Waals surface area contributed by atoms with Crippen molar-refractivity contribution in [2.45, 2.75) is 6.42 Å². The van der Waals surface area contributed by atoms with Crippen LogP contribution in [0.2, 0.25) is 0 Å². The molecule has 0 atom stereocenters. The molecule has 30 heavy (non-hydrogen) atoms. The molecule has 3 amide bonds. The summed E-state index contributed by atoms with van der Waals surface area (Å²) in [5.41, 5.74) is 3.11. The number of aromatic amines is 1. The Labute approximate surface area is 174 Å².